The van der Waals surface area contributed by atoms with Crippen LogP contribution in [0.3, 0.4) is 0 Å². The van der Waals surface area contributed by atoms with Gasteiger partial charge >= 0.3 is 0 Å². The number of amides is 1. The smallest absolute Gasteiger partial charge is 0.239 e. The summed E-state index contributed by atoms with van der Waals surface area (Å²) in [6.45, 7) is 0.835. The molecule has 22 heavy (non-hydrogen) atoms. The number of carbonyl (C=O) groups excluding carboxylic acids is 1. The fraction of sp³-hybridized carbons (Fsp3) is 0.235. The molecule has 3 rings (SSSR count). The van der Waals surface area contributed by atoms with E-state index in [1.165, 1.54) is 0 Å². The van der Waals surface area contributed by atoms with Crippen LogP contribution in [0.4, 0.5) is 0 Å². The molecule has 0 aliphatic carbocycles. The third-order valence-corrected chi connectivity index (χ3v) is 3.69. The highest BCUT2D eigenvalue weighted by Gasteiger charge is 2.23. The van der Waals surface area contributed by atoms with Crippen LogP contribution in [0.15, 0.2) is 48.5 Å². The summed E-state index contributed by atoms with van der Waals surface area (Å²) in [5.41, 5.74) is 7.51. The summed E-state index contributed by atoms with van der Waals surface area (Å²) in [7, 11) is 1.88. The summed E-state index contributed by atoms with van der Waals surface area (Å²) in [5, 5.41) is 0. The molecule has 2 aromatic rings. The first-order valence-corrected chi connectivity index (χ1v) is 7.08. The third-order valence-electron chi connectivity index (χ3n) is 3.69. The molecule has 1 unspecified atom stereocenters. The van der Waals surface area contributed by atoms with Gasteiger partial charge in [0.15, 0.2) is 11.5 Å². The molecule has 114 valence electrons. The van der Waals surface area contributed by atoms with Crippen LogP contribution in [0.5, 0.6) is 11.5 Å². The number of ether oxygens (including phenoxy) is 2. The van der Waals surface area contributed by atoms with Crippen LogP contribution in [0.1, 0.15) is 17.2 Å². The van der Waals surface area contributed by atoms with Crippen molar-refractivity contribution in [2.24, 2.45) is 5.73 Å². The predicted octanol–water partition coefficient (Wildman–Crippen LogP) is 2.07. The van der Waals surface area contributed by atoms with Crippen molar-refractivity contribution in [2.75, 3.05) is 13.8 Å². The normalized spacial score (nSPS) is 14.1. The van der Waals surface area contributed by atoms with Gasteiger partial charge in [0.25, 0.3) is 0 Å². The minimum atomic E-state index is -0.466. The second-order valence-corrected chi connectivity index (χ2v) is 5.32. The Morgan fingerprint density at radius 3 is 2.64 bits per heavy atom. The van der Waals surface area contributed by atoms with E-state index in [0.717, 1.165) is 22.6 Å². The molecular formula is C17H18N2O3. The molecule has 0 saturated heterocycles. The summed E-state index contributed by atoms with van der Waals surface area (Å²) in [5.74, 6) is 1.12. The molecule has 2 aromatic carbocycles. The zero-order valence-corrected chi connectivity index (χ0v) is 12.4. The number of rotatable bonds is 5. The van der Waals surface area contributed by atoms with Gasteiger partial charge in [0.1, 0.15) is 6.04 Å². The first-order valence-electron chi connectivity index (χ1n) is 7.08. The molecule has 0 bridgehead atoms. The Balaban J connectivity index is 1.80. The topological polar surface area (TPSA) is 64.8 Å². The Bertz CT molecular complexity index is 673. The molecule has 1 amide bonds. The molecule has 0 aromatic heterocycles. The van der Waals surface area contributed by atoms with E-state index in [2.05, 4.69) is 0 Å². The average Bonchev–Trinajstić information content (AvgIpc) is 2.95. The fourth-order valence-corrected chi connectivity index (χ4v) is 2.69. The molecule has 1 aliphatic heterocycles. The lowest BCUT2D eigenvalue weighted by Gasteiger charge is -2.26. The molecule has 0 saturated carbocycles. The fourth-order valence-electron chi connectivity index (χ4n) is 2.69. The number of nitrogens with two attached hydrogens (primary N) is 1. The Morgan fingerprint density at radius 2 is 1.91 bits per heavy atom. The van der Waals surface area contributed by atoms with Gasteiger partial charge in [-0.1, -0.05) is 36.4 Å². The van der Waals surface area contributed by atoms with Crippen LogP contribution >= 0.6 is 0 Å². The van der Waals surface area contributed by atoms with Crippen LogP contribution in [-0.4, -0.2) is 24.6 Å². The Labute approximate surface area is 129 Å². The van der Waals surface area contributed by atoms with Crippen molar-refractivity contribution in [3.63, 3.8) is 0 Å². The maximum atomic E-state index is 11.9. The molecule has 1 aliphatic rings. The van der Waals surface area contributed by atoms with Crippen molar-refractivity contribution in [3.05, 3.63) is 59.7 Å². The maximum absolute atomic E-state index is 11.9. The van der Waals surface area contributed by atoms with Gasteiger partial charge in [0.05, 0.1) is 0 Å². The molecule has 2 N–H and O–H groups in total. The summed E-state index contributed by atoms with van der Waals surface area (Å²) in [6, 6.07) is 14.9. The van der Waals surface area contributed by atoms with E-state index < -0.39 is 6.04 Å². The standard InChI is InChI=1S/C17H18N2O3/c1-19(16(17(18)20)13-5-3-2-4-6-13)10-12-7-8-14-15(9-12)22-11-21-14/h2-9,16H,10-11H2,1H3,(H2,18,20). The number of carbonyl (C=O) groups is 1. The van der Waals surface area contributed by atoms with Crippen LogP contribution in [0.25, 0.3) is 0 Å². The zero-order chi connectivity index (χ0) is 15.5. The monoisotopic (exact) mass is 298 g/mol. The number of nitrogens with zero attached hydrogens (tertiary/aromatic N) is 1. The zero-order valence-electron chi connectivity index (χ0n) is 12.4. The molecule has 0 radical (unpaired) electrons. The summed E-state index contributed by atoms with van der Waals surface area (Å²) in [4.78, 5) is 13.8. The number of hydrogen-bond acceptors (Lipinski definition) is 4. The Morgan fingerprint density at radius 1 is 1.18 bits per heavy atom. The summed E-state index contributed by atoms with van der Waals surface area (Å²) in [6.07, 6.45) is 0. The lowest BCUT2D eigenvalue weighted by Crippen LogP contribution is -2.34. The SMILES string of the molecule is CN(Cc1ccc2c(c1)OCO2)C(C(N)=O)c1ccccc1. The van der Waals surface area contributed by atoms with Gasteiger partial charge < -0.3 is 15.2 Å². The molecule has 1 heterocycles. The lowest BCUT2D eigenvalue weighted by atomic mass is 10.0. The maximum Gasteiger partial charge on any atom is 0.239 e. The predicted molar refractivity (Wildman–Crippen MR) is 82.4 cm³/mol. The van der Waals surface area contributed by atoms with Gasteiger partial charge in [-0.3, -0.25) is 9.69 Å². The number of hydrogen-bond donors (Lipinski definition) is 1. The number of likely N-dealkylation sites (N-methyl/N-ethyl adjacent to an activating group) is 1. The quantitative estimate of drug-likeness (QED) is 0.918. The highest BCUT2D eigenvalue weighted by molar-refractivity contribution is 5.81. The van der Waals surface area contributed by atoms with Crippen LogP contribution in [-0.2, 0) is 11.3 Å². The van der Waals surface area contributed by atoms with Gasteiger partial charge in [-0.15, -0.1) is 0 Å². The van der Waals surface area contributed by atoms with Gasteiger partial charge in [-0.2, -0.15) is 0 Å². The highest BCUT2D eigenvalue weighted by Crippen LogP contribution is 2.33. The van der Waals surface area contributed by atoms with E-state index in [9.17, 15) is 4.79 Å². The van der Waals surface area contributed by atoms with Crippen molar-refractivity contribution in [1.29, 1.82) is 0 Å². The van der Waals surface area contributed by atoms with Crippen molar-refractivity contribution < 1.29 is 14.3 Å². The molecular weight excluding hydrogens is 280 g/mol. The lowest BCUT2D eigenvalue weighted by molar-refractivity contribution is -0.123. The number of primary amides is 1. The van der Waals surface area contributed by atoms with Gasteiger partial charge in [-0.25, -0.2) is 0 Å². The minimum absolute atomic E-state index is 0.253. The van der Waals surface area contributed by atoms with Crippen molar-refractivity contribution in [1.82, 2.24) is 4.90 Å². The molecule has 5 heteroatoms. The molecule has 0 spiro atoms. The minimum Gasteiger partial charge on any atom is -0.454 e. The van der Waals surface area contributed by atoms with E-state index in [4.69, 9.17) is 15.2 Å². The number of fused-ring (bicyclic) bond motifs is 1. The van der Waals surface area contributed by atoms with E-state index in [1.54, 1.807) is 0 Å². The second kappa shape index (κ2) is 6.07. The van der Waals surface area contributed by atoms with Crippen LogP contribution in [0.2, 0.25) is 0 Å². The molecule has 1 atom stereocenters. The summed E-state index contributed by atoms with van der Waals surface area (Å²) < 4.78 is 10.7. The van der Waals surface area contributed by atoms with E-state index in [1.807, 2.05) is 60.5 Å². The first-order chi connectivity index (χ1) is 10.6. The largest absolute Gasteiger partial charge is 0.454 e. The highest BCUT2D eigenvalue weighted by atomic mass is 16.7. The van der Waals surface area contributed by atoms with Crippen molar-refractivity contribution in [3.8, 4) is 11.5 Å². The van der Waals surface area contributed by atoms with Crippen molar-refractivity contribution in [2.45, 2.75) is 12.6 Å². The van der Waals surface area contributed by atoms with Gasteiger partial charge in [0.2, 0.25) is 12.7 Å². The molecule has 0 fully saturated rings. The first kappa shape index (κ1) is 14.4. The molecule has 5 nitrogen and oxygen atoms in total. The second-order valence-electron chi connectivity index (χ2n) is 5.32. The summed E-state index contributed by atoms with van der Waals surface area (Å²) >= 11 is 0. The average molecular weight is 298 g/mol. The van der Waals surface area contributed by atoms with Crippen LogP contribution in [0, 0.1) is 0 Å². The van der Waals surface area contributed by atoms with E-state index in [-0.39, 0.29) is 12.7 Å². The van der Waals surface area contributed by atoms with Gasteiger partial charge in [-0.05, 0) is 30.3 Å². The Kier molecular flexibility index (Phi) is 3.98. The number of benzene rings is 2. The Hall–Kier alpha value is -2.53. The third kappa shape index (κ3) is 2.89. The van der Waals surface area contributed by atoms with Gasteiger partial charge in [0, 0.05) is 6.54 Å². The van der Waals surface area contributed by atoms with E-state index in [0.29, 0.717) is 6.54 Å². The van der Waals surface area contributed by atoms with Crippen LogP contribution < -0.4 is 15.2 Å². The van der Waals surface area contributed by atoms with E-state index >= 15 is 0 Å². The van der Waals surface area contributed by atoms with Crippen molar-refractivity contribution >= 4 is 5.91 Å².